The molecule has 2 unspecified atom stereocenters. The minimum atomic E-state index is 0.846. The average Bonchev–Trinajstić information content (AvgIpc) is 2.05. The molecule has 0 aromatic carbocycles. The highest BCUT2D eigenvalue weighted by atomic mass is 14.3. The Morgan fingerprint density at radius 1 is 1.33 bits per heavy atom. The summed E-state index contributed by atoms with van der Waals surface area (Å²) in [5.74, 6) is 1.75. The van der Waals surface area contributed by atoms with Crippen molar-refractivity contribution in [1.82, 2.24) is 0 Å². The van der Waals surface area contributed by atoms with Crippen molar-refractivity contribution >= 4 is 0 Å². The fraction of sp³-hybridized carbons (Fsp3) is 0.833. The first-order valence-electron chi connectivity index (χ1n) is 5.43. The van der Waals surface area contributed by atoms with E-state index in [4.69, 9.17) is 0 Å². The van der Waals surface area contributed by atoms with Crippen molar-refractivity contribution in [1.29, 1.82) is 0 Å². The lowest BCUT2D eigenvalue weighted by Crippen LogP contribution is -2.18. The topological polar surface area (TPSA) is 0 Å². The molecule has 0 amide bonds. The molecule has 12 heavy (non-hydrogen) atoms. The molecule has 0 aromatic heterocycles. The maximum absolute atomic E-state index is 4.22. The zero-order chi connectivity index (χ0) is 8.97. The Labute approximate surface area is 77.1 Å². The van der Waals surface area contributed by atoms with Crippen molar-refractivity contribution in [3.8, 4) is 0 Å². The van der Waals surface area contributed by atoms with Crippen LogP contribution in [0.2, 0.25) is 0 Å². The third kappa shape index (κ3) is 2.36. The molecule has 0 radical (unpaired) electrons. The van der Waals surface area contributed by atoms with Gasteiger partial charge < -0.3 is 0 Å². The van der Waals surface area contributed by atoms with E-state index < -0.39 is 0 Å². The van der Waals surface area contributed by atoms with Crippen LogP contribution in [0.1, 0.15) is 52.4 Å². The van der Waals surface area contributed by atoms with Gasteiger partial charge in [-0.25, -0.2) is 0 Å². The summed E-state index contributed by atoms with van der Waals surface area (Å²) in [6, 6.07) is 0. The monoisotopic (exact) mass is 166 g/mol. The number of rotatable bonds is 3. The summed E-state index contributed by atoms with van der Waals surface area (Å²) in [4.78, 5) is 0. The van der Waals surface area contributed by atoms with Gasteiger partial charge in [-0.1, -0.05) is 51.7 Å². The van der Waals surface area contributed by atoms with E-state index in [0.717, 1.165) is 11.8 Å². The summed E-state index contributed by atoms with van der Waals surface area (Å²) in [7, 11) is 0. The molecule has 0 aliphatic heterocycles. The third-order valence-electron chi connectivity index (χ3n) is 3.21. The molecule has 0 nitrogen and oxygen atoms in total. The Bertz CT molecular complexity index is 146. The van der Waals surface area contributed by atoms with Crippen LogP contribution in [0, 0.1) is 11.8 Å². The predicted molar refractivity (Wildman–Crippen MR) is 55.2 cm³/mol. The summed E-state index contributed by atoms with van der Waals surface area (Å²) in [5, 5.41) is 0. The number of hydrogen-bond acceptors (Lipinski definition) is 0. The Balaban J connectivity index is 2.42. The van der Waals surface area contributed by atoms with Crippen LogP contribution in [0.3, 0.4) is 0 Å². The van der Waals surface area contributed by atoms with Gasteiger partial charge in [-0.05, 0) is 24.7 Å². The van der Waals surface area contributed by atoms with Crippen LogP contribution >= 0.6 is 0 Å². The summed E-state index contributed by atoms with van der Waals surface area (Å²) >= 11 is 0. The van der Waals surface area contributed by atoms with Gasteiger partial charge in [0, 0.05) is 0 Å². The Hall–Kier alpha value is -0.260. The minimum Gasteiger partial charge on any atom is -0.0996 e. The van der Waals surface area contributed by atoms with Crippen molar-refractivity contribution < 1.29 is 0 Å². The van der Waals surface area contributed by atoms with E-state index in [-0.39, 0.29) is 0 Å². The molecule has 0 bridgehead atoms. The van der Waals surface area contributed by atoms with E-state index in [1.54, 1.807) is 0 Å². The Kier molecular flexibility index (Phi) is 3.84. The van der Waals surface area contributed by atoms with Crippen LogP contribution < -0.4 is 0 Å². The molecule has 1 aliphatic rings. The van der Waals surface area contributed by atoms with Crippen LogP contribution in [0.25, 0.3) is 0 Å². The summed E-state index contributed by atoms with van der Waals surface area (Å²) in [6.45, 7) is 8.86. The van der Waals surface area contributed by atoms with E-state index in [0.29, 0.717) is 0 Å². The molecule has 1 fully saturated rings. The van der Waals surface area contributed by atoms with Gasteiger partial charge in [-0.15, -0.1) is 0 Å². The zero-order valence-electron chi connectivity index (χ0n) is 8.60. The van der Waals surface area contributed by atoms with E-state index in [9.17, 15) is 0 Å². The summed E-state index contributed by atoms with van der Waals surface area (Å²) in [5.41, 5.74) is 1.52. The third-order valence-corrected chi connectivity index (χ3v) is 3.21. The van der Waals surface area contributed by atoms with Crippen molar-refractivity contribution in [3.63, 3.8) is 0 Å². The maximum Gasteiger partial charge on any atom is -0.0180 e. The van der Waals surface area contributed by atoms with Crippen molar-refractivity contribution in [2.45, 2.75) is 52.4 Å². The van der Waals surface area contributed by atoms with E-state index in [1.165, 1.54) is 44.1 Å². The van der Waals surface area contributed by atoms with Gasteiger partial charge in [0.05, 0.1) is 0 Å². The highest BCUT2D eigenvalue weighted by Crippen LogP contribution is 2.35. The van der Waals surface area contributed by atoms with Gasteiger partial charge in [0.25, 0.3) is 0 Å². The van der Waals surface area contributed by atoms with Gasteiger partial charge in [-0.3, -0.25) is 0 Å². The SMILES string of the molecule is C=C(CCC)C1CCCCC1C. The second-order valence-corrected chi connectivity index (χ2v) is 4.28. The first kappa shape index (κ1) is 9.83. The molecular weight excluding hydrogens is 144 g/mol. The second kappa shape index (κ2) is 4.69. The van der Waals surface area contributed by atoms with Crippen LogP contribution in [0.5, 0.6) is 0 Å². The van der Waals surface area contributed by atoms with E-state index >= 15 is 0 Å². The zero-order valence-corrected chi connectivity index (χ0v) is 8.60. The van der Waals surface area contributed by atoms with Crippen molar-refractivity contribution in [2.75, 3.05) is 0 Å². The highest BCUT2D eigenvalue weighted by Gasteiger charge is 2.22. The van der Waals surface area contributed by atoms with E-state index in [1.807, 2.05) is 0 Å². The maximum atomic E-state index is 4.22. The molecular formula is C12H22. The molecule has 0 saturated heterocycles. The first-order valence-corrected chi connectivity index (χ1v) is 5.43. The molecule has 0 aromatic rings. The predicted octanol–water partition coefficient (Wildman–Crippen LogP) is 4.17. The molecule has 1 aliphatic carbocycles. The minimum absolute atomic E-state index is 0.846. The molecule has 0 spiro atoms. The lowest BCUT2D eigenvalue weighted by molar-refractivity contribution is 0.288. The Morgan fingerprint density at radius 2 is 2.00 bits per heavy atom. The molecule has 0 heteroatoms. The van der Waals surface area contributed by atoms with Crippen LogP contribution in [-0.4, -0.2) is 0 Å². The van der Waals surface area contributed by atoms with Crippen molar-refractivity contribution in [2.24, 2.45) is 11.8 Å². The molecule has 2 atom stereocenters. The standard InChI is InChI=1S/C12H22/c1-4-7-10(2)12-9-6-5-8-11(12)3/h11-12H,2,4-9H2,1,3H3. The van der Waals surface area contributed by atoms with Gasteiger partial charge in [0.1, 0.15) is 0 Å². The fourth-order valence-corrected chi connectivity index (χ4v) is 2.43. The Morgan fingerprint density at radius 3 is 2.58 bits per heavy atom. The summed E-state index contributed by atoms with van der Waals surface area (Å²) in [6.07, 6.45) is 8.21. The second-order valence-electron chi connectivity index (χ2n) is 4.28. The molecule has 0 N–H and O–H groups in total. The molecule has 1 saturated carbocycles. The first-order chi connectivity index (χ1) is 5.75. The quantitative estimate of drug-likeness (QED) is 0.552. The number of hydrogen-bond donors (Lipinski definition) is 0. The smallest absolute Gasteiger partial charge is 0.0180 e. The van der Waals surface area contributed by atoms with Gasteiger partial charge >= 0.3 is 0 Å². The number of allylic oxidation sites excluding steroid dienone is 1. The normalized spacial score (nSPS) is 30.2. The average molecular weight is 166 g/mol. The fourth-order valence-electron chi connectivity index (χ4n) is 2.43. The largest absolute Gasteiger partial charge is 0.0996 e. The summed E-state index contributed by atoms with van der Waals surface area (Å²) < 4.78 is 0. The van der Waals surface area contributed by atoms with Crippen LogP contribution in [-0.2, 0) is 0 Å². The van der Waals surface area contributed by atoms with Gasteiger partial charge in [0.15, 0.2) is 0 Å². The lowest BCUT2D eigenvalue weighted by atomic mass is 9.75. The van der Waals surface area contributed by atoms with E-state index in [2.05, 4.69) is 20.4 Å². The highest BCUT2D eigenvalue weighted by molar-refractivity contribution is 5.03. The molecule has 1 rings (SSSR count). The van der Waals surface area contributed by atoms with Crippen LogP contribution in [0.15, 0.2) is 12.2 Å². The molecule has 70 valence electrons. The van der Waals surface area contributed by atoms with Crippen LogP contribution in [0.4, 0.5) is 0 Å². The molecule has 0 heterocycles. The lowest BCUT2D eigenvalue weighted by Gasteiger charge is -2.30. The van der Waals surface area contributed by atoms with Gasteiger partial charge in [0.2, 0.25) is 0 Å². The van der Waals surface area contributed by atoms with Gasteiger partial charge in [-0.2, -0.15) is 0 Å². The van der Waals surface area contributed by atoms with Crippen molar-refractivity contribution in [3.05, 3.63) is 12.2 Å².